The summed E-state index contributed by atoms with van der Waals surface area (Å²) >= 11 is 3.41. The Hall–Kier alpha value is -1.61. The molecule has 0 saturated carbocycles. The van der Waals surface area contributed by atoms with Gasteiger partial charge in [0.2, 0.25) is 0 Å². The minimum absolute atomic E-state index is 0.0754. The van der Waals surface area contributed by atoms with E-state index in [-0.39, 0.29) is 11.7 Å². The summed E-state index contributed by atoms with van der Waals surface area (Å²) in [5.41, 5.74) is 1.92. The molecule has 0 saturated heterocycles. The van der Waals surface area contributed by atoms with Crippen molar-refractivity contribution < 1.29 is 9.53 Å². The lowest BCUT2D eigenvalue weighted by atomic mass is 9.84. The Kier molecular flexibility index (Phi) is 3.62. The Morgan fingerprint density at radius 2 is 1.80 bits per heavy atom. The van der Waals surface area contributed by atoms with Crippen LogP contribution in [-0.2, 0) is 4.79 Å². The zero-order valence-electron chi connectivity index (χ0n) is 11.2. The van der Waals surface area contributed by atoms with Gasteiger partial charge in [-0.15, -0.1) is 0 Å². The van der Waals surface area contributed by atoms with Crippen LogP contribution in [0.5, 0.6) is 5.75 Å². The second-order valence-corrected chi connectivity index (χ2v) is 5.87. The van der Waals surface area contributed by atoms with E-state index in [1.165, 1.54) is 0 Å². The summed E-state index contributed by atoms with van der Waals surface area (Å²) in [6, 6.07) is 15.6. The highest BCUT2D eigenvalue weighted by atomic mass is 79.9. The van der Waals surface area contributed by atoms with Gasteiger partial charge in [-0.3, -0.25) is 4.79 Å². The lowest BCUT2D eigenvalue weighted by molar-refractivity contribution is -0.129. The summed E-state index contributed by atoms with van der Waals surface area (Å²) in [5.74, 6) is 0.897. The van der Waals surface area contributed by atoms with Gasteiger partial charge in [-0.25, -0.2) is 0 Å². The minimum Gasteiger partial charge on any atom is -0.478 e. The lowest BCUT2D eigenvalue weighted by Crippen LogP contribution is -2.29. The fourth-order valence-electron chi connectivity index (χ4n) is 2.69. The second kappa shape index (κ2) is 5.41. The van der Waals surface area contributed by atoms with E-state index in [4.69, 9.17) is 4.74 Å². The quantitative estimate of drug-likeness (QED) is 0.801. The first-order valence-electron chi connectivity index (χ1n) is 6.75. The molecule has 1 heterocycles. The molecular weight excluding hydrogens is 316 g/mol. The number of carbonyl (C=O) groups is 1. The smallest absolute Gasteiger partial charge is 0.185 e. The van der Waals surface area contributed by atoms with E-state index >= 15 is 0 Å². The van der Waals surface area contributed by atoms with E-state index in [9.17, 15) is 4.79 Å². The van der Waals surface area contributed by atoms with Crippen LogP contribution in [0, 0.1) is 0 Å². The number of para-hydroxylation sites is 1. The Morgan fingerprint density at radius 1 is 1.10 bits per heavy atom. The number of Topliss-reactive ketones (excluding diaryl/α,β-unsaturated/α-hetero) is 1. The van der Waals surface area contributed by atoms with Gasteiger partial charge in [0.15, 0.2) is 11.9 Å². The average Bonchev–Trinajstić information content (AvgIpc) is 2.48. The van der Waals surface area contributed by atoms with Crippen LogP contribution in [0.3, 0.4) is 0 Å². The molecule has 0 spiro atoms. The minimum atomic E-state index is -0.497. The van der Waals surface area contributed by atoms with Crippen LogP contribution in [0.25, 0.3) is 0 Å². The third kappa shape index (κ3) is 2.27. The highest BCUT2D eigenvalue weighted by Crippen LogP contribution is 2.41. The van der Waals surface area contributed by atoms with E-state index < -0.39 is 6.10 Å². The predicted octanol–water partition coefficient (Wildman–Crippen LogP) is 4.65. The van der Waals surface area contributed by atoms with Gasteiger partial charge in [0, 0.05) is 10.0 Å². The van der Waals surface area contributed by atoms with Crippen molar-refractivity contribution in [1.29, 1.82) is 0 Å². The molecule has 1 aliphatic rings. The van der Waals surface area contributed by atoms with Crippen molar-refractivity contribution in [2.75, 3.05) is 0 Å². The molecule has 0 aliphatic carbocycles. The predicted molar refractivity (Wildman–Crippen MR) is 82.0 cm³/mol. The molecule has 2 atom stereocenters. The Morgan fingerprint density at radius 3 is 2.50 bits per heavy atom. The first kappa shape index (κ1) is 13.4. The molecule has 0 aromatic heterocycles. The van der Waals surface area contributed by atoms with Crippen LogP contribution in [-0.4, -0.2) is 5.78 Å². The average molecular weight is 331 g/mol. The maximum Gasteiger partial charge on any atom is 0.185 e. The van der Waals surface area contributed by atoms with Gasteiger partial charge in [0.25, 0.3) is 0 Å². The van der Waals surface area contributed by atoms with E-state index in [0.29, 0.717) is 0 Å². The maximum absolute atomic E-state index is 12.7. The third-order valence-electron chi connectivity index (χ3n) is 3.72. The number of benzene rings is 2. The maximum atomic E-state index is 12.7. The van der Waals surface area contributed by atoms with Gasteiger partial charge in [0.05, 0.1) is 5.92 Å². The van der Waals surface area contributed by atoms with E-state index in [1.807, 2.05) is 55.5 Å². The molecule has 0 amide bonds. The SMILES string of the molecule is CCC1C(=O)C(c2ccc(Br)cc2)Oc2ccccc21. The summed E-state index contributed by atoms with van der Waals surface area (Å²) < 4.78 is 6.93. The summed E-state index contributed by atoms with van der Waals surface area (Å²) in [5, 5.41) is 0. The van der Waals surface area contributed by atoms with E-state index in [0.717, 1.165) is 27.8 Å². The summed E-state index contributed by atoms with van der Waals surface area (Å²) in [6.45, 7) is 2.04. The second-order valence-electron chi connectivity index (χ2n) is 4.95. The Labute approximate surface area is 126 Å². The van der Waals surface area contributed by atoms with E-state index in [1.54, 1.807) is 0 Å². The molecule has 0 radical (unpaired) electrons. The van der Waals surface area contributed by atoms with Gasteiger partial charge in [-0.05, 0) is 30.2 Å². The lowest BCUT2D eigenvalue weighted by Gasteiger charge is -2.30. The van der Waals surface area contributed by atoms with Gasteiger partial charge in [0.1, 0.15) is 5.75 Å². The number of fused-ring (bicyclic) bond motifs is 1. The number of rotatable bonds is 2. The fraction of sp³-hybridized carbons (Fsp3) is 0.235. The molecule has 1 aliphatic heterocycles. The standard InChI is InChI=1S/C17H15BrO2/c1-2-13-14-5-3-4-6-15(14)20-17(16(13)19)11-7-9-12(18)10-8-11/h3-10,13,17H,2H2,1H3. The van der Waals surface area contributed by atoms with Crippen LogP contribution in [0.4, 0.5) is 0 Å². The topological polar surface area (TPSA) is 26.3 Å². The number of carbonyl (C=O) groups excluding carboxylic acids is 1. The molecule has 2 aromatic carbocycles. The summed E-state index contributed by atoms with van der Waals surface area (Å²) in [7, 11) is 0. The van der Waals surface area contributed by atoms with Crippen molar-refractivity contribution in [2.45, 2.75) is 25.4 Å². The fourth-order valence-corrected chi connectivity index (χ4v) is 2.95. The first-order valence-corrected chi connectivity index (χ1v) is 7.54. The molecular formula is C17H15BrO2. The molecule has 0 fully saturated rings. The molecule has 2 unspecified atom stereocenters. The van der Waals surface area contributed by atoms with Crippen molar-refractivity contribution in [3.63, 3.8) is 0 Å². The molecule has 2 nitrogen and oxygen atoms in total. The Balaban J connectivity index is 2.03. The van der Waals surface area contributed by atoms with Crippen LogP contribution in [0.2, 0.25) is 0 Å². The zero-order chi connectivity index (χ0) is 14.1. The normalized spacial score (nSPS) is 21.2. The van der Waals surface area contributed by atoms with Crippen LogP contribution >= 0.6 is 15.9 Å². The number of hydrogen-bond acceptors (Lipinski definition) is 2. The van der Waals surface area contributed by atoms with Gasteiger partial charge in [-0.1, -0.05) is 53.2 Å². The van der Waals surface area contributed by atoms with Crippen LogP contribution < -0.4 is 4.74 Å². The number of hydrogen-bond donors (Lipinski definition) is 0. The molecule has 3 rings (SSSR count). The van der Waals surface area contributed by atoms with Crippen LogP contribution in [0.15, 0.2) is 53.0 Å². The van der Waals surface area contributed by atoms with Crippen LogP contribution in [0.1, 0.15) is 36.5 Å². The molecule has 0 bridgehead atoms. The third-order valence-corrected chi connectivity index (χ3v) is 4.25. The summed E-state index contributed by atoms with van der Waals surface area (Å²) in [6.07, 6.45) is 0.301. The number of halogens is 1. The van der Waals surface area contributed by atoms with Crippen molar-refractivity contribution >= 4 is 21.7 Å². The van der Waals surface area contributed by atoms with Gasteiger partial charge in [-0.2, -0.15) is 0 Å². The zero-order valence-corrected chi connectivity index (χ0v) is 12.8. The highest BCUT2D eigenvalue weighted by Gasteiger charge is 2.36. The first-order chi connectivity index (χ1) is 9.70. The van der Waals surface area contributed by atoms with Gasteiger partial charge < -0.3 is 4.74 Å². The molecule has 102 valence electrons. The summed E-state index contributed by atoms with van der Waals surface area (Å²) in [4.78, 5) is 12.7. The molecule has 0 N–H and O–H groups in total. The number of ether oxygens (including phenoxy) is 1. The highest BCUT2D eigenvalue weighted by molar-refractivity contribution is 9.10. The van der Waals surface area contributed by atoms with Crippen molar-refractivity contribution in [1.82, 2.24) is 0 Å². The van der Waals surface area contributed by atoms with Crippen molar-refractivity contribution in [2.24, 2.45) is 0 Å². The van der Waals surface area contributed by atoms with Crippen molar-refractivity contribution in [3.8, 4) is 5.75 Å². The molecule has 20 heavy (non-hydrogen) atoms. The van der Waals surface area contributed by atoms with E-state index in [2.05, 4.69) is 15.9 Å². The Bertz CT molecular complexity index is 634. The number of ketones is 1. The van der Waals surface area contributed by atoms with Crippen molar-refractivity contribution in [3.05, 3.63) is 64.1 Å². The molecule has 3 heteroatoms. The van der Waals surface area contributed by atoms with Gasteiger partial charge >= 0.3 is 0 Å². The largest absolute Gasteiger partial charge is 0.478 e. The monoisotopic (exact) mass is 330 g/mol. The molecule has 2 aromatic rings.